The molecule has 1 rings (SSSR count). The average Bonchev–Trinajstić information content (AvgIpc) is 2.14. The van der Waals surface area contributed by atoms with E-state index >= 15 is 0 Å². The summed E-state index contributed by atoms with van der Waals surface area (Å²) in [6, 6.07) is 3.31. The van der Waals surface area contributed by atoms with Crippen molar-refractivity contribution in [3.63, 3.8) is 0 Å². The average molecular weight is 244 g/mol. The molecule has 0 amide bonds. The second kappa shape index (κ2) is 6.67. The summed E-state index contributed by atoms with van der Waals surface area (Å²) in [6.07, 6.45) is 0.190. The SMILES string of the molecule is COCC(C)CC(O)Cc1cc(F)cc(F)c1. The molecule has 1 aromatic rings. The van der Waals surface area contributed by atoms with Gasteiger partial charge in [0.15, 0.2) is 0 Å². The summed E-state index contributed by atoms with van der Waals surface area (Å²) in [4.78, 5) is 0. The molecular weight excluding hydrogens is 226 g/mol. The Morgan fingerprint density at radius 2 is 1.82 bits per heavy atom. The Balaban J connectivity index is 2.52. The maximum Gasteiger partial charge on any atom is 0.126 e. The van der Waals surface area contributed by atoms with E-state index in [9.17, 15) is 13.9 Å². The smallest absolute Gasteiger partial charge is 0.126 e. The van der Waals surface area contributed by atoms with Crippen LogP contribution in [0.15, 0.2) is 18.2 Å². The summed E-state index contributed by atoms with van der Waals surface area (Å²) in [5, 5.41) is 9.78. The van der Waals surface area contributed by atoms with Gasteiger partial charge in [0.2, 0.25) is 0 Å². The minimum atomic E-state index is -0.614. The van der Waals surface area contributed by atoms with E-state index in [2.05, 4.69) is 0 Å². The standard InChI is InChI=1S/C13H18F2O2/c1-9(8-17-2)3-13(16)6-10-4-11(14)7-12(15)5-10/h4-5,7,9,13,16H,3,6,8H2,1-2H3. The van der Waals surface area contributed by atoms with Gasteiger partial charge in [-0.25, -0.2) is 8.78 Å². The lowest BCUT2D eigenvalue weighted by Gasteiger charge is -2.15. The molecule has 0 aromatic heterocycles. The molecule has 0 spiro atoms. The second-order valence-corrected chi connectivity index (χ2v) is 4.43. The summed E-state index contributed by atoms with van der Waals surface area (Å²) in [5.41, 5.74) is 0.472. The van der Waals surface area contributed by atoms with Crippen LogP contribution in [0, 0.1) is 17.6 Å². The molecule has 0 aliphatic rings. The molecule has 0 saturated heterocycles. The van der Waals surface area contributed by atoms with E-state index in [0.29, 0.717) is 18.6 Å². The molecular formula is C13H18F2O2. The predicted octanol–water partition coefficient (Wildman–Crippen LogP) is 2.54. The van der Waals surface area contributed by atoms with Gasteiger partial charge in [-0.3, -0.25) is 0 Å². The Morgan fingerprint density at radius 1 is 1.24 bits per heavy atom. The number of rotatable bonds is 6. The number of hydrogen-bond acceptors (Lipinski definition) is 2. The van der Waals surface area contributed by atoms with E-state index in [1.807, 2.05) is 6.92 Å². The van der Waals surface area contributed by atoms with Crippen molar-refractivity contribution in [2.75, 3.05) is 13.7 Å². The number of benzene rings is 1. The molecule has 2 nitrogen and oxygen atoms in total. The molecule has 4 heteroatoms. The number of aliphatic hydroxyl groups is 1. The van der Waals surface area contributed by atoms with Gasteiger partial charge in [0.25, 0.3) is 0 Å². The zero-order valence-electron chi connectivity index (χ0n) is 10.1. The lowest BCUT2D eigenvalue weighted by Crippen LogP contribution is -2.17. The largest absolute Gasteiger partial charge is 0.393 e. The fourth-order valence-corrected chi connectivity index (χ4v) is 1.90. The van der Waals surface area contributed by atoms with Crippen molar-refractivity contribution >= 4 is 0 Å². The Morgan fingerprint density at radius 3 is 2.35 bits per heavy atom. The molecule has 0 fully saturated rings. The Kier molecular flexibility index (Phi) is 5.51. The molecule has 0 saturated carbocycles. The summed E-state index contributed by atoms with van der Waals surface area (Å²) < 4.78 is 30.8. The van der Waals surface area contributed by atoms with Gasteiger partial charge < -0.3 is 9.84 Å². The Hall–Kier alpha value is -1.00. The highest BCUT2D eigenvalue weighted by Gasteiger charge is 2.12. The number of halogens is 2. The molecule has 0 aliphatic heterocycles. The fraction of sp³-hybridized carbons (Fsp3) is 0.538. The summed E-state index contributed by atoms with van der Waals surface area (Å²) in [5.74, 6) is -1.01. The Labute approximate surface area is 100 Å². The highest BCUT2D eigenvalue weighted by atomic mass is 19.1. The van der Waals surface area contributed by atoms with Crippen molar-refractivity contribution in [1.29, 1.82) is 0 Å². The molecule has 1 aromatic carbocycles. The number of methoxy groups -OCH3 is 1. The van der Waals surface area contributed by atoms with Crippen molar-refractivity contribution in [3.05, 3.63) is 35.4 Å². The quantitative estimate of drug-likeness (QED) is 0.833. The number of aliphatic hydroxyl groups excluding tert-OH is 1. The van der Waals surface area contributed by atoms with Gasteiger partial charge in [0.1, 0.15) is 11.6 Å². The van der Waals surface area contributed by atoms with Crippen molar-refractivity contribution < 1.29 is 18.6 Å². The highest BCUT2D eigenvalue weighted by Crippen LogP contribution is 2.14. The van der Waals surface area contributed by atoms with Crippen LogP contribution in [0.25, 0.3) is 0 Å². The topological polar surface area (TPSA) is 29.5 Å². The van der Waals surface area contributed by atoms with Crippen LogP contribution in [0.3, 0.4) is 0 Å². The second-order valence-electron chi connectivity index (χ2n) is 4.43. The van der Waals surface area contributed by atoms with Gasteiger partial charge in [-0.1, -0.05) is 6.92 Å². The van der Waals surface area contributed by atoms with Crippen LogP contribution >= 0.6 is 0 Å². The van der Waals surface area contributed by atoms with Gasteiger partial charge in [-0.15, -0.1) is 0 Å². The van der Waals surface area contributed by atoms with Gasteiger partial charge in [-0.2, -0.15) is 0 Å². The van der Waals surface area contributed by atoms with Crippen LogP contribution in [0.1, 0.15) is 18.9 Å². The molecule has 17 heavy (non-hydrogen) atoms. The zero-order chi connectivity index (χ0) is 12.8. The highest BCUT2D eigenvalue weighted by molar-refractivity contribution is 5.18. The van der Waals surface area contributed by atoms with E-state index < -0.39 is 17.7 Å². The van der Waals surface area contributed by atoms with E-state index in [1.54, 1.807) is 7.11 Å². The van der Waals surface area contributed by atoms with E-state index in [1.165, 1.54) is 12.1 Å². The number of hydrogen-bond donors (Lipinski definition) is 1. The van der Waals surface area contributed by atoms with Crippen LogP contribution in [-0.2, 0) is 11.2 Å². The molecule has 0 aliphatic carbocycles. The molecule has 2 unspecified atom stereocenters. The summed E-state index contributed by atoms with van der Waals surface area (Å²) >= 11 is 0. The first-order valence-corrected chi connectivity index (χ1v) is 5.63. The van der Waals surface area contributed by atoms with E-state index in [-0.39, 0.29) is 12.3 Å². The third-order valence-electron chi connectivity index (χ3n) is 2.52. The number of ether oxygens (including phenoxy) is 1. The first-order chi connectivity index (χ1) is 8.01. The van der Waals surface area contributed by atoms with Gasteiger partial charge in [0.05, 0.1) is 6.10 Å². The molecule has 96 valence electrons. The van der Waals surface area contributed by atoms with E-state index in [0.717, 1.165) is 6.07 Å². The first kappa shape index (κ1) is 14.1. The minimum Gasteiger partial charge on any atom is -0.393 e. The van der Waals surface area contributed by atoms with Gasteiger partial charge >= 0.3 is 0 Å². The maximum absolute atomic E-state index is 12.9. The van der Waals surface area contributed by atoms with Crippen molar-refractivity contribution in [1.82, 2.24) is 0 Å². The first-order valence-electron chi connectivity index (χ1n) is 5.63. The Bertz CT molecular complexity index is 335. The van der Waals surface area contributed by atoms with Crippen LogP contribution in [-0.4, -0.2) is 24.9 Å². The van der Waals surface area contributed by atoms with Crippen LogP contribution in [0.5, 0.6) is 0 Å². The van der Waals surface area contributed by atoms with Crippen LogP contribution < -0.4 is 0 Å². The zero-order valence-corrected chi connectivity index (χ0v) is 10.1. The normalized spacial score (nSPS) is 14.6. The van der Waals surface area contributed by atoms with Crippen LogP contribution in [0.2, 0.25) is 0 Å². The lowest BCUT2D eigenvalue weighted by atomic mass is 9.99. The molecule has 0 heterocycles. The lowest BCUT2D eigenvalue weighted by molar-refractivity contribution is 0.101. The minimum absolute atomic E-state index is 0.216. The fourth-order valence-electron chi connectivity index (χ4n) is 1.90. The maximum atomic E-state index is 12.9. The third kappa shape index (κ3) is 5.24. The predicted molar refractivity (Wildman–Crippen MR) is 61.7 cm³/mol. The third-order valence-corrected chi connectivity index (χ3v) is 2.52. The molecule has 0 radical (unpaired) electrons. The summed E-state index contributed by atoms with van der Waals surface area (Å²) in [7, 11) is 1.60. The monoisotopic (exact) mass is 244 g/mol. The molecule has 0 bridgehead atoms. The van der Waals surface area contributed by atoms with Crippen molar-refractivity contribution in [3.8, 4) is 0 Å². The van der Waals surface area contributed by atoms with E-state index in [4.69, 9.17) is 4.74 Å². The van der Waals surface area contributed by atoms with Crippen LogP contribution in [0.4, 0.5) is 8.78 Å². The molecule has 1 N–H and O–H groups in total. The summed E-state index contributed by atoms with van der Waals surface area (Å²) in [6.45, 7) is 2.52. The van der Waals surface area contributed by atoms with Crippen molar-refractivity contribution in [2.45, 2.75) is 25.9 Å². The van der Waals surface area contributed by atoms with Gasteiger partial charge in [-0.05, 0) is 36.5 Å². The van der Waals surface area contributed by atoms with Gasteiger partial charge in [0, 0.05) is 19.8 Å². The van der Waals surface area contributed by atoms with Crippen molar-refractivity contribution in [2.24, 2.45) is 5.92 Å². The molecule has 2 atom stereocenters.